The van der Waals surface area contributed by atoms with Gasteiger partial charge < -0.3 is 9.80 Å². The minimum atomic E-state index is 0.828. The van der Waals surface area contributed by atoms with E-state index < -0.39 is 0 Å². The molecule has 2 fully saturated rings. The van der Waals surface area contributed by atoms with Crippen molar-refractivity contribution in [1.29, 1.82) is 0 Å². The monoisotopic (exact) mass is 330 g/mol. The van der Waals surface area contributed by atoms with Gasteiger partial charge in [0.25, 0.3) is 0 Å². The number of amides is 2. The number of rotatable bonds is 6. The van der Waals surface area contributed by atoms with E-state index in [-0.39, 0.29) is 0 Å². The van der Waals surface area contributed by atoms with Crippen molar-refractivity contribution in [2.75, 3.05) is 52.4 Å². The molecule has 0 N–H and O–H groups in total. The van der Waals surface area contributed by atoms with Crippen LogP contribution in [-0.4, -0.2) is 84.8 Å². The van der Waals surface area contributed by atoms with Crippen molar-refractivity contribution in [1.82, 2.24) is 19.6 Å². The Bertz CT molecular complexity index is 483. The van der Waals surface area contributed by atoms with Crippen molar-refractivity contribution in [3.63, 3.8) is 0 Å². The van der Waals surface area contributed by atoms with Gasteiger partial charge >= 0.3 is 0 Å². The molecular weight excluding hydrogens is 304 g/mol. The topological polar surface area (TPSA) is 47.1 Å². The zero-order valence-electron chi connectivity index (χ0n) is 14.1. The maximum absolute atomic E-state index is 10.7. The second kappa shape index (κ2) is 8.26. The van der Waals surface area contributed by atoms with E-state index in [0.717, 1.165) is 78.3 Å². The van der Waals surface area contributed by atoms with Gasteiger partial charge in [-0.05, 0) is 11.1 Å². The van der Waals surface area contributed by atoms with Gasteiger partial charge in [0.1, 0.15) is 0 Å². The van der Waals surface area contributed by atoms with Crippen LogP contribution in [0.4, 0.5) is 0 Å². The van der Waals surface area contributed by atoms with Crippen LogP contribution in [0.3, 0.4) is 0 Å². The third kappa shape index (κ3) is 4.55. The minimum Gasteiger partial charge on any atom is -0.343 e. The highest BCUT2D eigenvalue weighted by Gasteiger charge is 2.16. The van der Waals surface area contributed by atoms with Crippen LogP contribution in [0.25, 0.3) is 0 Å². The van der Waals surface area contributed by atoms with Crippen LogP contribution in [0.5, 0.6) is 0 Å². The quantitative estimate of drug-likeness (QED) is 0.701. The lowest BCUT2D eigenvalue weighted by Crippen LogP contribution is -2.45. The molecule has 0 aromatic heterocycles. The number of hydrogen-bond donors (Lipinski definition) is 0. The Kier molecular flexibility index (Phi) is 5.82. The van der Waals surface area contributed by atoms with Gasteiger partial charge in [0, 0.05) is 65.4 Å². The second-order valence-electron chi connectivity index (χ2n) is 6.65. The van der Waals surface area contributed by atoms with E-state index in [1.54, 1.807) is 0 Å². The van der Waals surface area contributed by atoms with Gasteiger partial charge in [0.05, 0.1) is 0 Å². The SMILES string of the molecule is O=CN1CCN(Cc2ccc(CN3CCN(C=O)CC3)cc2)CC1. The summed E-state index contributed by atoms with van der Waals surface area (Å²) in [4.78, 5) is 30.0. The van der Waals surface area contributed by atoms with Crippen molar-refractivity contribution < 1.29 is 9.59 Å². The summed E-state index contributed by atoms with van der Waals surface area (Å²) in [5.41, 5.74) is 2.65. The zero-order chi connectivity index (χ0) is 16.8. The Hall–Kier alpha value is -1.92. The summed E-state index contributed by atoms with van der Waals surface area (Å²) in [6, 6.07) is 8.85. The van der Waals surface area contributed by atoms with Gasteiger partial charge in [-0.1, -0.05) is 24.3 Å². The summed E-state index contributed by atoms with van der Waals surface area (Å²) in [6.45, 7) is 8.99. The molecule has 2 aliphatic rings. The molecule has 0 aliphatic carbocycles. The fourth-order valence-corrected chi connectivity index (χ4v) is 3.32. The summed E-state index contributed by atoms with van der Waals surface area (Å²) in [5.74, 6) is 0. The number of carbonyl (C=O) groups excluding carboxylic acids is 2. The van der Waals surface area contributed by atoms with Gasteiger partial charge in [0.15, 0.2) is 0 Å². The molecule has 6 nitrogen and oxygen atoms in total. The summed E-state index contributed by atoms with van der Waals surface area (Å²) >= 11 is 0. The predicted octanol–water partition coefficient (Wildman–Crippen LogP) is 0.235. The van der Waals surface area contributed by atoms with Gasteiger partial charge in [-0.3, -0.25) is 19.4 Å². The van der Waals surface area contributed by atoms with E-state index >= 15 is 0 Å². The molecule has 2 aliphatic heterocycles. The third-order valence-electron chi connectivity index (χ3n) is 4.95. The lowest BCUT2D eigenvalue weighted by atomic mass is 10.1. The van der Waals surface area contributed by atoms with Crippen molar-refractivity contribution in [2.24, 2.45) is 0 Å². The average molecular weight is 330 g/mol. The Morgan fingerprint density at radius 3 is 1.25 bits per heavy atom. The minimum absolute atomic E-state index is 0.828. The molecule has 2 heterocycles. The van der Waals surface area contributed by atoms with Crippen LogP contribution >= 0.6 is 0 Å². The fourth-order valence-electron chi connectivity index (χ4n) is 3.32. The van der Waals surface area contributed by atoms with Gasteiger partial charge in [-0.2, -0.15) is 0 Å². The van der Waals surface area contributed by atoms with E-state index in [1.165, 1.54) is 11.1 Å². The molecule has 1 aromatic rings. The predicted molar refractivity (Wildman–Crippen MR) is 92.3 cm³/mol. The second-order valence-corrected chi connectivity index (χ2v) is 6.65. The number of carbonyl (C=O) groups is 2. The van der Waals surface area contributed by atoms with E-state index in [1.807, 2.05) is 9.80 Å². The number of nitrogens with zero attached hydrogens (tertiary/aromatic N) is 4. The highest BCUT2D eigenvalue weighted by molar-refractivity contribution is 5.47. The van der Waals surface area contributed by atoms with Crippen molar-refractivity contribution >= 4 is 12.8 Å². The van der Waals surface area contributed by atoms with Crippen molar-refractivity contribution in [3.05, 3.63) is 35.4 Å². The lowest BCUT2D eigenvalue weighted by molar-refractivity contribution is -0.120. The number of benzene rings is 1. The molecule has 3 rings (SSSR count). The van der Waals surface area contributed by atoms with Crippen LogP contribution in [-0.2, 0) is 22.7 Å². The molecule has 6 heteroatoms. The summed E-state index contributed by atoms with van der Waals surface area (Å²) in [5, 5.41) is 0. The van der Waals surface area contributed by atoms with Crippen LogP contribution in [0, 0.1) is 0 Å². The molecule has 0 unspecified atom stereocenters. The molecule has 0 bridgehead atoms. The fraction of sp³-hybridized carbons (Fsp3) is 0.556. The molecule has 24 heavy (non-hydrogen) atoms. The smallest absolute Gasteiger partial charge is 0.209 e. The van der Waals surface area contributed by atoms with E-state index in [2.05, 4.69) is 34.1 Å². The first-order valence-corrected chi connectivity index (χ1v) is 8.68. The molecule has 0 saturated carbocycles. The zero-order valence-corrected chi connectivity index (χ0v) is 14.1. The van der Waals surface area contributed by atoms with E-state index in [9.17, 15) is 9.59 Å². The van der Waals surface area contributed by atoms with Crippen LogP contribution in [0.2, 0.25) is 0 Å². The highest BCUT2D eigenvalue weighted by Crippen LogP contribution is 2.12. The largest absolute Gasteiger partial charge is 0.343 e. The Labute approximate surface area is 143 Å². The maximum atomic E-state index is 10.7. The standard InChI is InChI=1S/C18H26N4O2/c23-15-21-9-5-19(6-10-21)13-17-1-2-18(4-3-17)14-20-7-11-22(16-24)12-8-20/h1-4,15-16H,5-14H2. The lowest BCUT2D eigenvalue weighted by Gasteiger charge is -2.33. The highest BCUT2D eigenvalue weighted by atomic mass is 16.1. The molecular formula is C18H26N4O2. The van der Waals surface area contributed by atoms with Crippen molar-refractivity contribution in [3.8, 4) is 0 Å². The molecule has 0 spiro atoms. The maximum Gasteiger partial charge on any atom is 0.209 e. The number of hydrogen-bond acceptors (Lipinski definition) is 4. The van der Waals surface area contributed by atoms with Crippen LogP contribution < -0.4 is 0 Å². The molecule has 130 valence electrons. The van der Waals surface area contributed by atoms with E-state index in [4.69, 9.17) is 0 Å². The third-order valence-corrected chi connectivity index (χ3v) is 4.95. The first-order chi connectivity index (χ1) is 11.8. The Balaban J connectivity index is 1.45. The summed E-state index contributed by atoms with van der Waals surface area (Å²) < 4.78 is 0. The Morgan fingerprint density at radius 2 is 0.958 bits per heavy atom. The Morgan fingerprint density at radius 1 is 0.625 bits per heavy atom. The first kappa shape index (κ1) is 16.9. The summed E-state index contributed by atoms with van der Waals surface area (Å²) in [6.07, 6.45) is 1.89. The average Bonchev–Trinajstić information content (AvgIpc) is 2.65. The van der Waals surface area contributed by atoms with Crippen LogP contribution in [0.15, 0.2) is 24.3 Å². The normalized spacial score (nSPS) is 20.2. The van der Waals surface area contributed by atoms with Gasteiger partial charge in [0.2, 0.25) is 12.8 Å². The van der Waals surface area contributed by atoms with E-state index in [0.29, 0.717) is 0 Å². The van der Waals surface area contributed by atoms with Crippen molar-refractivity contribution in [2.45, 2.75) is 13.1 Å². The molecule has 2 amide bonds. The van der Waals surface area contributed by atoms with Gasteiger partial charge in [-0.15, -0.1) is 0 Å². The molecule has 0 atom stereocenters. The number of piperazine rings is 2. The van der Waals surface area contributed by atoms with Crippen LogP contribution in [0.1, 0.15) is 11.1 Å². The molecule has 2 saturated heterocycles. The van der Waals surface area contributed by atoms with Gasteiger partial charge in [-0.25, -0.2) is 0 Å². The summed E-state index contributed by atoms with van der Waals surface area (Å²) in [7, 11) is 0. The molecule has 1 aromatic carbocycles. The molecule has 0 radical (unpaired) electrons. The first-order valence-electron chi connectivity index (χ1n) is 8.68.